The Balaban J connectivity index is 0.000000134. The van der Waals surface area contributed by atoms with E-state index in [0.717, 1.165) is 85.5 Å². The molecular weight excluding hydrogens is 2120 g/mol. The molecule has 7 aromatic heterocycles. The number of hydrogen-bond acceptors (Lipinski definition) is 15. The number of halogens is 27. The minimum Gasteiger partial charge on any atom is -0.294 e. The lowest BCUT2D eigenvalue weighted by Crippen LogP contribution is -2.31. The summed E-state index contributed by atoms with van der Waals surface area (Å²) in [6.07, 6.45) is -24.4. The molecule has 0 N–H and O–H groups in total. The van der Waals surface area contributed by atoms with Gasteiger partial charge >= 0.3 is 37.1 Å². The highest BCUT2D eigenvalue weighted by Gasteiger charge is 2.41. The summed E-state index contributed by atoms with van der Waals surface area (Å²) < 4.78 is 265. The number of nitrogens with zero attached hydrogens (tertiary/aromatic N) is 15. The molecule has 149 heavy (non-hydrogen) atoms. The quantitative estimate of drug-likeness (QED) is 0.0787. The van der Waals surface area contributed by atoms with E-state index < -0.39 is 82.1 Å². The number of para-hydroxylation sites is 1. The summed E-state index contributed by atoms with van der Waals surface area (Å²) in [5, 5.41) is 1.45. The van der Waals surface area contributed by atoms with Crippen molar-refractivity contribution in [2.45, 2.75) is 76.1 Å². The molecule has 42 heteroatoms. The van der Waals surface area contributed by atoms with Crippen molar-refractivity contribution in [1.29, 1.82) is 0 Å². The van der Waals surface area contributed by atoms with Crippen molar-refractivity contribution < 1.29 is 87.8 Å². The van der Waals surface area contributed by atoms with Crippen LogP contribution in [0.3, 0.4) is 0 Å². The first-order chi connectivity index (χ1) is 70.9. The molecule has 0 atom stereocenters. The molecular formula is C107H68Cl7F20N15. The van der Waals surface area contributed by atoms with Crippen LogP contribution < -0.4 is 0 Å². The average Bonchev–Trinajstić information content (AvgIpc) is 0.791. The Morgan fingerprint density at radius 2 is 0.604 bits per heavy atom. The van der Waals surface area contributed by atoms with Crippen molar-refractivity contribution in [1.82, 2.24) is 74.6 Å². The molecule has 0 bridgehead atoms. The summed E-state index contributed by atoms with van der Waals surface area (Å²) in [4.78, 5) is 58.1. The minimum atomic E-state index is -4.72. The minimum absolute atomic E-state index is 0.0123. The van der Waals surface area contributed by atoms with Crippen LogP contribution in [-0.2, 0) is 76.1 Å². The van der Waals surface area contributed by atoms with Gasteiger partial charge in [-0.25, -0.2) is 68.6 Å². The fourth-order valence-electron chi connectivity index (χ4n) is 15.7. The van der Waals surface area contributed by atoms with Crippen LogP contribution in [0.4, 0.5) is 87.8 Å². The van der Waals surface area contributed by atoms with Crippen LogP contribution in [0.5, 0.6) is 0 Å². The third-order valence-corrected chi connectivity index (χ3v) is 24.3. The van der Waals surface area contributed by atoms with E-state index in [4.69, 9.17) is 81.2 Å². The van der Waals surface area contributed by atoms with E-state index in [1.807, 2.05) is 48.5 Å². The monoisotopic (exact) mass is 2190 g/mol. The lowest BCUT2D eigenvalue weighted by Gasteiger charge is -2.28. The van der Waals surface area contributed by atoms with Crippen molar-refractivity contribution in [3.63, 3.8) is 0 Å². The lowest BCUT2D eigenvalue weighted by molar-refractivity contribution is -0.138. The van der Waals surface area contributed by atoms with Crippen molar-refractivity contribution in [3.8, 4) is 102 Å². The second-order valence-electron chi connectivity index (χ2n) is 32.6. The predicted octanol–water partition coefficient (Wildman–Crippen LogP) is 32.5. The molecule has 18 aromatic rings. The molecule has 0 fully saturated rings. The summed E-state index contributed by atoms with van der Waals surface area (Å²) in [7, 11) is 0. The molecule has 0 unspecified atom stereocenters. The number of aromatic nitrogens is 13. The first kappa shape index (κ1) is 109. The fraction of sp³-hybridized carbons (Fsp3) is 0.131. The number of benzene rings is 11. The van der Waals surface area contributed by atoms with Crippen molar-refractivity contribution in [2.75, 3.05) is 13.1 Å². The zero-order valence-corrected chi connectivity index (χ0v) is 81.4. The molecule has 11 aromatic carbocycles. The molecule has 760 valence electrons. The SMILES string of the molecule is FC(F)(F)c1ccccc1-c1nc(Cl)c2c(n1)CCN(Cc1ccccc1)C2.FC(F)(F)c1ccccc1-c1nc(Cl)c2c(n1)CN(Cc1ccccc1)CC2.FC(F)(F)c1ccccc1-c1nc(Cl)cc(-c2ccccc2Cl)n1.FC(F)(F)c1ccccc1-c1nc(Cl)cc(-c2ccccn2)n1.Fc1ccc(-c2nc(Cl)c3ccccc3n2)c(C(F)(F)F)c1.Fc1ccccc1-c1cc(Cl)nc(-c2ccccc2C(F)(F)F)n1. The van der Waals surface area contributed by atoms with Gasteiger partial charge in [-0.3, -0.25) is 14.8 Å². The van der Waals surface area contributed by atoms with Crippen molar-refractivity contribution in [3.05, 3.63) is 430 Å². The molecule has 0 saturated carbocycles. The number of rotatable bonds is 13. The van der Waals surface area contributed by atoms with E-state index >= 15 is 0 Å². The van der Waals surface area contributed by atoms with Crippen LogP contribution in [0.25, 0.3) is 113 Å². The Kier molecular flexibility index (Phi) is 34.5. The van der Waals surface area contributed by atoms with Gasteiger partial charge in [0, 0.05) is 136 Å². The van der Waals surface area contributed by atoms with Crippen LogP contribution in [-0.4, -0.2) is 87.7 Å². The maximum Gasteiger partial charge on any atom is 0.417 e. The highest BCUT2D eigenvalue weighted by molar-refractivity contribution is 6.35. The van der Waals surface area contributed by atoms with Gasteiger partial charge in [0.25, 0.3) is 0 Å². The van der Waals surface area contributed by atoms with Gasteiger partial charge < -0.3 is 0 Å². The third kappa shape index (κ3) is 27.9. The molecule has 15 nitrogen and oxygen atoms in total. The first-order valence-electron chi connectivity index (χ1n) is 44.2. The molecule has 9 heterocycles. The van der Waals surface area contributed by atoms with E-state index in [2.05, 4.69) is 86.7 Å². The van der Waals surface area contributed by atoms with E-state index in [1.54, 1.807) is 91.1 Å². The molecule has 0 saturated heterocycles. The van der Waals surface area contributed by atoms with E-state index in [9.17, 15) is 87.8 Å². The summed E-state index contributed by atoms with van der Waals surface area (Å²) in [5.41, 5.74) is 1.74. The van der Waals surface area contributed by atoms with E-state index in [-0.39, 0.29) is 111 Å². The zero-order valence-electron chi connectivity index (χ0n) is 76.1. The second kappa shape index (κ2) is 47.2. The average molecular weight is 2190 g/mol. The summed E-state index contributed by atoms with van der Waals surface area (Å²) >= 11 is 42.7. The zero-order chi connectivity index (χ0) is 106. The normalized spacial score (nSPS) is 12.8. The maximum absolute atomic E-state index is 13.9. The third-order valence-electron chi connectivity index (χ3n) is 22.4. The van der Waals surface area contributed by atoms with E-state index in [0.29, 0.717) is 76.3 Å². The number of pyridine rings is 1. The lowest BCUT2D eigenvalue weighted by atomic mass is 10.0. The Morgan fingerprint density at radius 1 is 0.255 bits per heavy atom. The van der Waals surface area contributed by atoms with Crippen LogP contribution in [0.1, 0.15) is 67.0 Å². The van der Waals surface area contributed by atoms with Gasteiger partial charge in [-0.1, -0.05) is 281 Å². The van der Waals surface area contributed by atoms with Crippen molar-refractivity contribution >= 4 is 92.1 Å². The van der Waals surface area contributed by atoms with Crippen LogP contribution >= 0.6 is 81.2 Å². The van der Waals surface area contributed by atoms with Crippen LogP contribution in [0, 0.1) is 11.6 Å². The van der Waals surface area contributed by atoms with Crippen LogP contribution in [0.15, 0.2) is 316 Å². The maximum atomic E-state index is 13.9. The van der Waals surface area contributed by atoms with Gasteiger partial charge in [0.1, 0.15) is 42.6 Å². The van der Waals surface area contributed by atoms with Crippen LogP contribution in [0.2, 0.25) is 35.9 Å². The van der Waals surface area contributed by atoms with Crippen molar-refractivity contribution in [2.24, 2.45) is 0 Å². The van der Waals surface area contributed by atoms with Gasteiger partial charge in [0.05, 0.1) is 73.1 Å². The largest absolute Gasteiger partial charge is 0.417 e. The predicted molar refractivity (Wildman–Crippen MR) is 530 cm³/mol. The van der Waals surface area contributed by atoms with Gasteiger partial charge in [-0.2, -0.15) is 79.0 Å². The smallest absolute Gasteiger partial charge is 0.294 e. The number of fused-ring (bicyclic) bond motifs is 3. The van der Waals surface area contributed by atoms with Gasteiger partial charge in [0.15, 0.2) is 34.9 Å². The summed E-state index contributed by atoms with van der Waals surface area (Å²) in [6, 6.07) is 76.9. The molecule has 0 aliphatic carbocycles. The Hall–Kier alpha value is -14.1. The van der Waals surface area contributed by atoms with Gasteiger partial charge in [-0.05, 0) is 109 Å². The summed E-state index contributed by atoms with van der Waals surface area (Å²) in [5.74, 6) is -2.11. The molecule has 2 aliphatic heterocycles. The second-order valence-corrected chi connectivity index (χ2v) is 35.2. The molecule has 0 spiro atoms. The Morgan fingerprint density at radius 3 is 1.05 bits per heavy atom. The van der Waals surface area contributed by atoms with E-state index in [1.165, 1.54) is 126 Å². The number of hydrogen-bond donors (Lipinski definition) is 0. The van der Waals surface area contributed by atoms with Gasteiger partial charge in [-0.15, -0.1) is 0 Å². The molecule has 0 radical (unpaired) electrons. The van der Waals surface area contributed by atoms with Gasteiger partial charge in [0.2, 0.25) is 0 Å². The molecule has 20 rings (SSSR count). The highest BCUT2D eigenvalue weighted by Crippen LogP contribution is 2.46. The molecule has 0 amide bonds. The number of alkyl halides is 18. The first-order valence-corrected chi connectivity index (χ1v) is 46.8. The Bertz CT molecular complexity index is 7670. The fourth-order valence-corrected chi connectivity index (χ4v) is 17.2. The molecule has 2 aliphatic rings. The Labute approximate surface area is 870 Å². The topological polar surface area (TPSA) is 174 Å². The highest BCUT2D eigenvalue weighted by atomic mass is 35.5. The standard InChI is InChI=1S/2C21H17ClF3N3.C17H9Cl2F3N2.C17H9ClF4N2.C16H9ClF3N3.C15H7ClF4N2/c22-19-16-13-28(12-14-6-2-1-3-7-14)11-10-18(16)26-20(27-19)15-8-4-5-9-17(15)21(23,24)25;22-19-16-10-11-28(12-14-6-2-1-3-7-14)13-18(16)26-20(27-19)15-8-4-5-9-17(15)21(23,24)25;18-13-8-4-2-6-11(13)14-9-15(19)24-16(23-14)10-5-1-3-7-12(10)17(20,21)22;18-15-9-14(11-6-2-4-8-13(11)19)23-16(24-15)10-5-1-3-7-12(10)17(20,21)22;17-14-9-13(12-7-3-4-8-21-12)22-15(23-14)10-5-1-2-6-11(10)16(18,19)20;16-13-10-3-1-2-4-12(10)21-14(22-13)9-6-5-8(17)7-11(9)15(18,19)20/h2*1-9H,10-13H2;2*1-9H;1-9H;1-7H. The summed E-state index contributed by atoms with van der Waals surface area (Å²) in [6.45, 7) is 4.17.